The molecule has 1 unspecified atom stereocenters. The van der Waals surface area contributed by atoms with E-state index in [1.54, 1.807) is 39.0 Å². The number of aliphatic carboxylic acids is 1. The number of aliphatic hydroxyl groups excluding tert-OH is 1. The number of carbonyl (C=O) groups is 1. The van der Waals surface area contributed by atoms with Crippen molar-refractivity contribution in [2.45, 2.75) is 76.9 Å². The van der Waals surface area contributed by atoms with Crippen LogP contribution in [0.4, 0.5) is 0 Å². The Balaban J connectivity index is 2.29. The molecule has 204 valence electrons. The minimum atomic E-state index is -3.49. The van der Waals surface area contributed by atoms with Crippen molar-refractivity contribution in [2.24, 2.45) is 11.3 Å². The lowest BCUT2D eigenvalue weighted by Crippen LogP contribution is -2.61. The van der Waals surface area contributed by atoms with Gasteiger partial charge in [-0.15, -0.1) is 0 Å². The summed E-state index contributed by atoms with van der Waals surface area (Å²) in [5.74, 6) is -1.59. The van der Waals surface area contributed by atoms with Gasteiger partial charge in [-0.2, -0.15) is 0 Å². The van der Waals surface area contributed by atoms with Gasteiger partial charge in [0.15, 0.2) is 9.84 Å². The molecule has 1 aliphatic rings. The lowest BCUT2D eigenvalue weighted by atomic mass is 9.66. The van der Waals surface area contributed by atoms with E-state index in [2.05, 4.69) is 0 Å². The number of rotatable bonds is 9. The predicted octanol–water partition coefficient (Wildman–Crippen LogP) is 6.17. The van der Waals surface area contributed by atoms with Crippen LogP contribution in [0, 0.1) is 11.3 Å². The van der Waals surface area contributed by atoms with Gasteiger partial charge in [-0.05, 0) is 61.6 Å². The van der Waals surface area contributed by atoms with Crippen molar-refractivity contribution >= 4 is 39.0 Å². The molecule has 0 aromatic heterocycles. The number of hydrogen-bond acceptors (Lipinski definition) is 5. The Morgan fingerprint density at radius 3 is 2.19 bits per heavy atom. The van der Waals surface area contributed by atoms with Crippen LogP contribution in [0.25, 0.3) is 0 Å². The first-order valence-corrected chi connectivity index (χ1v) is 15.0. The Hall–Kier alpha value is -1.64. The smallest absolute Gasteiger partial charge is 0.304 e. The van der Waals surface area contributed by atoms with E-state index in [-0.39, 0.29) is 24.0 Å². The summed E-state index contributed by atoms with van der Waals surface area (Å²) in [6, 6.07) is 13.8. The number of nitrogens with zero attached hydrogens (tertiary/aromatic N) is 1. The van der Waals surface area contributed by atoms with Crippen LogP contribution >= 0.6 is 23.2 Å². The predicted molar refractivity (Wildman–Crippen MR) is 149 cm³/mol. The van der Waals surface area contributed by atoms with Crippen molar-refractivity contribution in [3.63, 3.8) is 0 Å². The van der Waals surface area contributed by atoms with Crippen molar-refractivity contribution in [3.05, 3.63) is 69.7 Å². The topological polar surface area (TPSA) is 94.9 Å². The maximum absolute atomic E-state index is 13.2. The van der Waals surface area contributed by atoms with E-state index in [1.165, 1.54) is 0 Å². The van der Waals surface area contributed by atoms with E-state index in [0.717, 1.165) is 11.1 Å². The van der Waals surface area contributed by atoms with E-state index < -0.39 is 44.8 Å². The van der Waals surface area contributed by atoms with Gasteiger partial charge in [-0.25, -0.2) is 8.42 Å². The van der Waals surface area contributed by atoms with Gasteiger partial charge in [0.2, 0.25) is 0 Å². The fraction of sp³-hybridized carbons (Fsp3) is 0.536. The molecule has 3 rings (SSSR count). The lowest BCUT2D eigenvalue weighted by Gasteiger charge is -2.56. The first-order chi connectivity index (χ1) is 17.2. The van der Waals surface area contributed by atoms with Gasteiger partial charge >= 0.3 is 5.97 Å². The fourth-order valence-corrected chi connectivity index (χ4v) is 7.23. The van der Waals surface area contributed by atoms with Crippen molar-refractivity contribution in [2.75, 3.05) is 5.75 Å². The summed E-state index contributed by atoms with van der Waals surface area (Å²) < 4.78 is 26.4. The summed E-state index contributed by atoms with van der Waals surface area (Å²) in [4.78, 5) is 13.8. The van der Waals surface area contributed by atoms with E-state index in [4.69, 9.17) is 23.2 Å². The zero-order valence-corrected chi connectivity index (χ0v) is 24.3. The first kappa shape index (κ1) is 29.9. The second-order valence-corrected chi connectivity index (χ2v) is 14.6. The van der Waals surface area contributed by atoms with Crippen LogP contribution in [0.2, 0.25) is 10.0 Å². The quantitative estimate of drug-likeness (QED) is 0.375. The molecular formula is C28H37Cl2NO5S. The molecule has 37 heavy (non-hydrogen) atoms. The highest BCUT2D eigenvalue weighted by Crippen LogP contribution is 2.54. The molecule has 6 nitrogen and oxygen atoms in total. The van der Waals surface area contributed by atoms with Gasteiger partial charge in [0.05, 0.1) is 17.4 Å². The second kappa shape index (κ2) is 11.6. The number of halogens is 2. The maximum atomic E-state index is 13.2. The molecule has 0 saturated carbocycles. The van der Waals surface area contributed by atoms with Gasteiger partial charge in [-0.3, -0.25) is 9.69 Å². The highest BCUT2D eigenvalue weighted by atomic mass is 35.5. The SMILES string of the molecule is CC(C)[C@@H](CS(=O)(=O)C(C)C)N1C(O)[C@@](C)(CC(=O)O)C[C@H](c2cccc(Cl)c2)[C@H]1c1ccc(Cl)cc1. The number of sulfone groups is 1. The third kappa shape index (κ3) is 6.69. The van der Waals surface area contributed by atoms with Crippen LogP contribution in [0.1, 0.15) is 70.5 Å². The summed E-state index contributed by atoms with van der Waals surface area (Å²) in [5.41, 5.74) is 0.713. The van der Waals surface area contributed by atoms with E-state index >= 15 is 0 Å². The zero-order chi connectivity index (χ0) is 27.7. The molecule has 0 amide bonds. The number of carboxylic acids is 1. The highest BCUT2D eigenvalue weighted by molar-refractivity contribution is 7.92. The van der Waals surface area contributed by atoms with E-state index in [9.17, 15) is 23.4 Å². The Kier molecular flexibility index (Phi) is 9.39. The van der Waals surface area contributed by atoms with Crippen LogP contribution in [0.15, 0.2) is 48.5 Å². The van der Waals surface area contributed by atoms with Crippen LogP contribution in [-0.4, -0.2) is 52.8 Å². The molecule has 2 aromatic rings. The van der Waals surface area contributed by atoms with Crippen molar-refractivity contribution in [3.8, 4) is 0 Å². The molecule has 1 heterocycles. The molecule has 0 aliphatic carbocycles. The monoisotopic (exact) mass is 569 g/mol. The number of benzene rings is 2. The van der Waals surface area contributed by atoms with Gasteiger partial charge < -0.3 is 10.2 Å². The molecule has 1 aliphatic heterocycles. The summed E-state index contributed by atoms with van der Waals surface area (Å²) in [7, 11) is -3.49. The molecular weight excluding hydrogens is 533 g/mol. The molecule has 5 atom stereocenters. The van der Waals surface area contributed by atoms with Crippen LogP contribution < -0.4 is 0 Å². The molecule has 0 radical (unpaired) electrons. The molecule has 1 saturated heterocycles. The Bertz CT molecular complexity index is 1200. The van der Waals surface area contributed by atoms with E-state index in [1.807, 2.05) is 49.1 Å². The van der Waals surface area contributed by atoms with Gasteiger partial charge in [-0.1, -0.05) is 68.2 Å². The molecule has 2 N–H and O–H groups in total. The third-order valence-corrected chi connectivity index (χ3v) is 10.3. The number of likely N-dealkylation sites (tertiary alicyclic amines) is 1. The minimum Gasteiger partial charge on any atom is -0.481 e. The Labute approximate surface area is 230 Å². The standard InChI is InChI=1S/C28H37Cl2NO5S/c1-17(2)24(16-37(35,36)18(3)4)31-26(19-9-11-21(29)12-10-19)23(20-7-6-8-22(30)13-20)14-28(5,27(31)34)15-25(32)33/h6-13,17-18,23-24,26-27,34H,14-16H2,1-5H3,(H,32,33)/t23-,24-,26-,27?,28-/m1/s1. The largest absolute Gasteiger partial charge is 0.481 e. The molecule has 1 fully saturated rings. The summed E-state index contributed by atoms with van der Waals surface area (Å²) in [6.45, 7) is 8.94. The Morgan fingerprint density at radius 2 is 1.68 bits per heavy atom. The normalized spacial score (nSPS) is 25.9. The summed E-state index contributed by atoms with van der Waals surface area (Å²) >= 11 is 12.6. The first-order valence-electron chi connectivity index (χ1n) is 12.6. The van der Waals surface area contributed by atoms with Gasteiger partial charge in [0, 0.05) is 33.5 Å². The summed E-state index contributed by atoms with van der Waals surface area (Å²) in [6.07, 6.45) is -1.10. The molecule has 0 spiro atoms. The van der Waals surface area contributed by atoms with Crippen molar-refractivity contribution < 1.29 is 23.4 Å². The number of hydrogen-bond donors (Lipinski definition) is 2. The second-order valence-electron chi connectivity index (χ2n) is 11.1. The molecule has 9 heteroatoms. The van der Waals surface area contributed by atoms with Crippen molar-refractivity contribution in [1.29, 1.82) is 0 Å². The average molecular weight is 571 g/mol. The van der Waals surface area contributed by atoms with Crippen molar-refractivity contribution in [1.82, 2.24) is 4.90 Å². The van der Waals surface area contributed by atoms with Gasteiger partial charge in [0.25, 0.3) is 0 Å². The summed E-state index contributed by atoms with van der Waals surface area (Å²) in [5, 5.41) is 22.2. The third-order valence-electron chi connectivity index (χ3n) is 7.61. The van der Waals surface area contributed by atoms with Crippen LogP contribution in [0.5, 0.6) is 0 Å². The maximum Gasteiger partial charge on any atom is 0.304 e. The lowest BCUT2D eigenvalue weighted by molar-refractivity contribution is -0.179. The number of carboxylic acid groups (broad SMARTS) is 1. The minimum absolute atomic E-state index is 0.148. The van der Waals surface area contributed by atoms with Gasteiger partial charge in [0.1, 0.15) is 6.23 Å². The van der Waals surface area contributed by atoms with E-state index in [0.29, 0.717) is 16.5 Å². The number of aliphatic hydroxyl groups is 1. The Morgan fingerprint density at radius 1 is 1.05 bits per heavy atom. The average Bonchev–Trinajstić information content (AvgIpc) is 2.79. The fourth-order valence-electron chi connectivity index (χ4n) is 5.49. The van der Waals surface area contributed by atoms with Crippen LogP contribution in [0.3, 0.4) is 0 Å². The molecule has 2 aromatic carbocycles. The zero-order valence-electron chi connectivity index (χ0n) is 21.9. The van der Waals surface area contributed by atoms with Crippen LogP contribution in [-0.2, 0) is 14.6 Å². The number of piperidine rings is 1. The molecule has 0 bridgehead atoms. The highest BCUT2D eigenvalue weighted by Gasteiger charge is 2.53.